The maximum absolute atomic E-state index is 11.6. The summed E-state index contributed by atoms with van der Waals surface area (Å²) in [6.45, 7) is 10.5. The van der Waals surface area contributed by atoms with Crippen molar-refractivity contribution in [1.82, 2.24) is 10.2 Å². The van der Waals surface area contributed by atoms with Gasteiger partial charge < -0.3 is 15.3 Å². The molecule has 2 unspecified atom stereocenters. The lowest BCUT2D eigenvalue weighted by atomic mass is 9.90. The van der Waals surface area contributed by atoms with Crippen molar-refractivity contribution in [3.05, 3.63) is 0 Å². The largest absolute Gasteiger partial charge is 0.480 e. The summed E-state index contributed by atoms with van der Waals surface area (Å²) >= 11 is 0. The molecule has 1 fully saturated rings. The van der Waals surface area contributed by atoms with Crippen molar-refractivity contribution in [3.63, 3.8) is 0 Å². The number of rotatable bonds is 10. The predicted molar refractivity (Wildman–Crippen MR) is 83.0 cm³/mol. The summed E-state index contributed by atoms with van der Waals surface area (Å²) in [6, 6.07) is 0. The van der Waals surface area contributed by atoms with Gasteiger partial charge in [0, 0.05) is 6.54 Å². The lowest BCUT2D eigenvalue weighted by Gasteiger charge is -2.30. The maximum Gasteiger partial charge on any atom is 0.323 e. The average Bonchev–Trinajstić information content (AvgIpc) is 2.90. The summed E-state index contributed by atoms with van der Waals surface area (Å²) in [5, 5.41) is 12.8. The van der Waals surface area contributed by atoms with Gasteiger partial charge in [-0.25, -0.2) is 0 Å². The van der Waals surface area contributed by atoms with Crippen molar-refractivity contribution in [2.45, 2.75) is 64.8 Å². The fraction of sp³-hybridized carbons (Fsp3) is 0.938. The van der Waals surface area contributed by atoms with Crippen LogP contribution in [0.25, 0.3) is 0 Å². The van der Waals surface area contributed by atoms with Crippen LogP contribution in [0.1, 0.15) is 59.3 Å². The molecular weight excluding hydrogens is 252 g/mol. The topological polar surface area (TPSA) is 52.6 Å². The number of hydrogen-bond donors (Lipinski definition) is 2. The Morgan fingerprint density at radius 3 is 2.65 bits per heavy atom. The average molecular weight is 284 g/mol. The number of hydrogen-bond acceptors (Lipinski definition) is 3. The third-order valence-electron chi connectivity index (χ3n) is 4.75. The molecule has 0 radical (unpaired) electrons. The van der Waals surface area contributed by atoms with E-state index in [4.69, 9.17) is 0 Å². The van der Waals surface area contributed by atoms with Crippen molar-refractivity contribution in [3.8, 4) is 0 Å². The summed E-state index contributed by atoms with van der Waals surface area (Å²) in [5.74, 6) is 0.157. The Balaban J connectivity index is 2.40. The number of carbonyl (C=O) groups is 1. The van der Waals surface area contributed by atoms with Gasteiger partial charge in [0.1, 0.15) is 5.54 Å². The molecule has 0 spiro atoms. The first kappa shape index (κ1) is 17.4. The lowest BCUT2D eigenvalue weighted by Crippen LogP contribution is -2.52. The molecule has 20 heavy (non-hydrogen) atoms. The Kier molecular flexibility index (Phi) is 7.52. The van der Waals surface area contributed by atoms with E-state index in [1.807, 2.05) is 6.92 Å². The molecule has 0 bridgehead atoms. The molecule has 0 aromatic heterocycles. The molecule has 1 aliphatic heterocycles. The summed E-state index contributed by atoms with van der Waals surface area (Å²) in [7, 11) is 0. The van der Waals surface area contributed by atoms with E-state index in [0.717, 1.165) is 38.3 Å². The summed E-state index contributed by atoms with van der Waals surface area (Å²) in [4.78, 5) is 14.1. The monoisotopic (exact) mass is 284 g/mol. The molecule has 0 amide bonds. The Labute approximate surface area is 123 Å². The molecule has 0 saturated carbocycles. The quantitative estimate of drug-likeness (QED) is 0.647. The molecule has 4 nitrogen and oxygen atoms in total. The summed E-state index contributed by atoms with van der Waals surface area (Å²) in [5.41, 5.74) is -0.722. The predicted octanol–water partition coefficient (Wildman–Crippen LogP) is 2.73. The fourth-order valence-electron chi connectivity index (χ4n) is 3.14. The zero-order chi connectivity index (χ0) is 15.0. The van der Waals surface area contributed by atoms with Gasteiger partial charge in [0.25, 0.3) is 0 Å². The molecule has 2 atom stereocenters. The van der Waals surface area contributed by atoms with Crippen LogP contribution in [0.4, 0.5) is 0 Å². The molecule has 1 aliphatic rings. The van der Waals surface area contributed by atoms with Gasteiger partial charge in [-0.3, -0.25) is 4.79 Å². The van der Waals surface area contributed by atoms with Crippen LogP contribution >= 0.6 is 0 Å². The molecular formula is C16H32N2O2. The molecule has 0 aromatic carbocycles. The molecule has 0 aliphatic carbocycles. The number of nitrogens with zero attached hydrogens (tertiary/aromatic N) is 1. The summed E-state index contributed by atoms with van der Waals surface area (Å²) in [6.07, 6.45) is 5.89. The number of carboxylic acid groups (broad SMARTS) is 1. The van der Waals surface area contributed by atoms with Crippen molar-refractivity contribution in [2.75, 3.05) is 26.2 Å². The molecule has 118 valence electrons. The third kappa shape index (κ3) is 4.74. The highest BCUT2D eigenvalue weighted by molar-refractivity contribution is 5.78. The van der Waals surface area contributed by atoms with E-state index in [1.165, 1.54) is 25.9 Å². The van der Waals surface area contributed by atoms with Gasteiger partial charge in [-0.15, -0.1) is 0 Å². The van der Waals surface area contributed by atoms with Gasteiger partial charge in [0.2, 0.25) is 0 Å². The normalized spacial score (nSPS) is 22.9. The zero-order valence-corrected chi connectivity index (χ0v) is 13.5. The smallest absolute Gasteiger partial charge is 0.323 e. The van der Waals surface area contributed by atoms with Crippen LogP contribution in [0.5, 0.6) is 0 Å². The first-order valence-electron chi connectivity index (χ1n) is 8.28. The SMILES string of the molecule is CCCNC(CC)(CCCN1CCC(CC)C1)C(=O)O. The van der Waals surface area contributed by atoms with Gasteiger partial charge in [0.05, 0.1) is 0 Å². The molecule has 1 saturated heterocycles. The van der Waals surface area contributed by atoms with Crippen molar-refractivity contribution in [2.24, 2.45) is 5.92 Å². The second-order valence-electron chi connectivity index (χ2n) is 6.13. The zero-order valence-electron chi connectivity index (χ0n) is 13.5. The fourth-order valence-corrected chi connectivity index (χ4v) is 3.14. The number of carboxylic acids is 1. The Morgan fingerprint density at radius 2 is 2.15 bits per heavy atom. The lowest BCUT2D eigenvalue weighted by molar-refractivity contribution is -0.145. The van der Waals surface area contributed by atoms with Crippen LogP contribution in [-0.4, -0.2) is 47.7 Å². The highest BCUT2D eigenvalue weighted by atomic mass is 16.4. The molecule has 2 N–H and O–H groups in total. The first-order valence-corrected chi connectivity index (χ1v) is 8.28. The maximum atomic E-state index is 11.6. The highest BCUT2D eigenvalue weighted by Gasteiger charge is 2.35. The Bertz CT molecular complexity index is 296. The van der Waals surface area contributed by atoms with E-state index in [2.05, 4.69) is 24.1 Å². The van der Waals surface area contributed by atoms with E-state index in [9.17, 15) is 9.90 Å². The van der Waals surface area contributed by atoms with Crippen molar-refractivity contribution < 1.29 is 9.90 Å². The van der Waals surface area contributed by atoms with Crippen LogP contribution in [0.15, 0.2) is 0 Å². The van der Waals surface area contributed by atoms with E-state index in [0.29, 0.717) is 6.42 Å². The summed E-state index contributed by atoms with van der Waals surface area (Å²) < 4.78 is 0. The van der Waals surface area contributed by atoms with Crippen LogP contribution in [0.3, 0.4) is 0 Å². The van der Waals surface area contributed by atoms with Gasteiger partial charge in [-0.1, -0.05) is 27.2 Å². The van der Waals surface area contributed by atoms with Crippen LogP contribution in [0, 0.1) is 5.92 Å². The first-order chi connectivity index (χ1) is 9.57. The Hall–Kier alpha value is -0.610. The van der Waals surface area contributed by atoms with E-state index < -0.39 is 11.5 Å². The molecule has 1 rings (SSSR count). The Morgan fingerprint density at radius 1 is 1.40 bits per heavy atom. The van der Waals surface area contributed by atoms with Gasteiger partial charge in [-0.05, 0) is 57.7 Å². The highest BCUT2D eigenvalue weighted by Crippen LogP contribution is 2.22. The molecule has 1 heterocycles. The standard InChI is InChI=1S/C16H32N2O2/c1-4-10-17-16(6-3,15(19)20)9-7-11-18-12-8-14(5-2)13-18/h14,17H,4-13H2,1-3H3,(H,19,20). The van der Waals surface area contributed by atoms with Crippen LogP contribution in [-0.2, 0) is 4.79 Å². The van der Waals surface area contributed by atoms with E-state index >= 15 is 0 Å². The van der Waals surface area contributed by atoms with Crippen LogP contribution in [0.2, 0.25) is 0 Å². The van der Waals surface area contributed by atoms with E-state index in [-0.39, 0.29) is 0 Å². The number of likely N-dealkylation sites (tertiary alicyclic amines) is 1. The number of nitrogens with one attached hydrogen (secondary N) is 1. The minimum Gasteiger partial charge on any atom is -0.480 e. The van der Waals surface area contributed by atoms with Gasteiger partial charge >= 0.3 is 5.97 Å². The minimum absolute atomic E-state index is 0.653. The second kappa shape index (κ2) is 8.63. The van der Waals surface area contributed by atoms with Gasteiger partial charge in [-0.2, -0.15) is 0 Å². The molecule has 4 heteroatoms. The number of aliphatic carboxylic acids is 1. The van der Waals surface area contributed by atoms with Crippen molar-refractivity contribution >= 4 is 5.97 Å². The van der Waals surface area contributed by atoms with Crippen LogP contribution < -0.4 is 5.32 Å². The second-order valence-corrected chi connectivity index (χ2v) is 6.13. The van der Waals surface area contributed by atoms with E-state index in [1.54, 1.807) is 0 Å². The molecule has 0 aromatic rings. The minimum atomic E-state index is -0.722. The third-order valence-corrected chi connectivity index (χ3v) is 4.75. The van der Waals surface area contributed by atoms with Crippen molar-refractivity contribution in [1.29, 1.82) is 0 Å². The van der Waals surface area contributed by atoms with Gasteiger partial charge in [0.15, 0.2) is 0 Å².